The van der Waals surface area contributed by atoms with Gasteiger partial charge < -0.3 is 31.2 Å². The molecule has 2 aliphatic heterocycles. The summed E-state index contributed by atoms with van der Waals surface area (Å²) in [6, 6.07) is 25.1. The average molecular weight is 799 g/mol. The summed E-state index contributed by atoms with van der Waals surface area (Å²) in [5.74, 6) is 2.33. The number of nitrogens with zero attached hydrogens (tertiary/aromatic N) is 6. The van der Waals surface area contributed by atoms with Gasteiger partial charge in [0, 0.05) is 70.8 Å². The molecule has 2 aliphatic rings. The Morgan fingerprint density at radius 2 is 0.733 bits per heavy atom. The van der Waals surface area contributed by atoms with Crippen LogP contribution in [0.5, 0.6) is 0 Å². The predicted octanol–water partition coefficient (Wildman–Crippen LogP) is 11.7. The molecule has 0 spiro atoms. The Kier molecular flexibility index (Phi) is 11.3. The average Bonchev–Trinajstić information content (AvgIpc) is 4.01. The first kappa shape index (κ1) is 38.9. The van der Waals surface area contributed by atoms with Gasteiger partial charge >= 0.3 is 0 Å². The summed E-state index contributed by atoms with van der Waals surface area (Å²) < 4.78 is 0. The molecule has 0 radical (unpaired) electrons. The Morgan fingerprint density at radius 1 is 0.383 bits per heavy atom. The molecule has 0 aliphatic carbocycles. The Balaban J connectivity index is 1.41. The second-order valence-corrected chi connectivity index (χ2v) is 15.6. The fourth-order valence-electron chi connectivity index (χ4n) is 8.17. The van der Waals surface area contributed by atoms with Crippen LogP contribution in [0.1, 0.15) is 79.1 Å². The van der Waals surface area contributed by atoms with Crippen LogP contribution in [0.2, 0.25) is 0 Å². The minimum Gasteiger partial charge on any atom is -0.384 e. The molecule has 9 rings (SSSR count). The van der Waals surface area contributed by atoms with Gasteiger partial charge in [0.25, 0.3) is 0 Å². The molecule has 0 saturated carbocycles. The third kappa shape index (κ3) is 7.35. The minimum atomic E-state index is 0.581. The molecule has 0 atom stereocenters. The van der Waals surface area contributed by atoms with Crippen LogP contribution < -0.4 is 21.3 Å². The maximum atomic E-state index is 5.37. The van der Waals surface area contributed by atoms with E-state index in [4.69, 9.17) is 29.9 Å². The van der Waals surface area contributed by atoms with Gasteiger partial charge in [0.05, 0.1) is 21.9 Å². The van der Waals surface area contributed by atoms with E-state index >= 15 is 0 Å². The summed E-state index contributed by atoms with van der Waals surface area (Å²) in [6.45, 7) is 12.2. The van der Waals surface area contributed by atoms with Gasteiger partial charge in [-0.05, 0) is 49.9 Å². The number of benzene rings is 4. The Bertz CT molecular complexity index is 2660. The lowest BCUT2D eigenvalue weighted by molar-refractivity contribution is 0.834. The minimum absolute atomic E-state index is 0.581. The van der Waals surface area contributed by atoms with E-state index in [2.05, 4.69) is 132 Å². The lowest BCUT2D eigenvalue weighted by Gasteiger charge is -2.10. The van der Waals surface area contributed by atoms with Crippen molar-refractivity contribution in [2.24, 2.45) is 0 Å². The molecular formula is C48H54N12. The third-order valence-electron chi connectivity index (χ3n) is 11.3. The van der Waals surface area contributed by atoms with Crippen LogP contribution in [0.15, 0.2) is 72.8 Å². The lowest BCUT2D eigenvalue weighted by Crippen LogP contribution is -2.02. The van der Waals surface area contributed by atoms with E-state index in [9.17, 15) is 0 Å². The number of aromatic nitrogens is 8. The van der Waals surface area contributed by atoms with E-state index < -0.39 is 0 Å². The van der Waals surface area contributed by atoms with Gasteiger partial charge in [-0.2, -0.15) is 0 Å². The van der Waals surface area contributed by atoms with Crippen molar-refractivity contribution in [3.63, 3.8) is 0 Å². The van der Waals surface area contributed by atoms with Crippen molar-refractivity contribution in [2.75, 3.05) is 47.4 Å². The summed E-state index contributed by atoms with van der Waals surface area (Å²) in [5, 5.41) is 18.6. The summed E-state index contributed by atoms with van der Waals surface area (Å²) in [6.07, 6.45) is 8.54. The second-order valence-electron chi connectivity index (χ2n) is 15.6. The molecule has 306 valence electrons. The largest absolute Gasteiger partial charge is 0.384 e. The van der Waals surface area contributed by atoms with Crippen molar-refractivity contribution < 1.29 is 0 Å². The van der Waals surface area contributed by atoms with Crippen LogP contribution >= 0.6 is 0 Å². The van der Waals surface area contributed by atoms with Crippen molar-refractivity contribution in [3.8, 4) is 45.6 Å². The fourth-order valence-corrected chi connectivity index (χ4v) is 8.17. The van der Waals surface area contributed by atoms with E-state index in [1.54, 1.807) is 0 Å². The predicted molar refractivity (Wildman–Crippen MR) is 250 cm³/mol. The van der Waals surface area contributed by atoms with Crippen LogP contribution in [0, 0.1) is 0 Å². The number of H-pyrrole nitrogens is 2. The van der Waals surface area contributed by atoms with Gasteiger partial charge in [-0.3, -0.25) is 0 Å². The Labute approximate surface area is 350 Å². The monoisotopic (exact) mass is 798 g/mol. The zero-order valence-corrected chi connectivity index (χ0v) is 35.1. The number of anilines is 4. The van der Waals surface area contributed by atoms with E-state index in [0.29, 0.717) is 45.9 Å². The molecule has 5 heterocycles. The number of aromatic amines is 2. The maximum Gasteiger partial charge on any atom is 0.166 e. The highest BCUT2D eigenvalue weighted by molar-refractivity contribution is 6.13. The van der Waals surface area contributed by atoms with Crippen LogP contribution in [0.3, 0.4) is 0 Å². The molecule has 0 saturated heterocycles. The molecule has 0 unspecified atom stereocenters. The normalized spacial score (nSPS) is 11.8. The van der Waals surface area contributed by atoms with Crippen LogP contribution in [0.4, 0.5) is 22.7 Å². The first-order chi connectivity index (χ1) is 29.6. The van der Waals surface area contributed by atoms with Crippen molar-refractivity contribution in [3.05, 3.63) is 72.8 Å². The second kappa shape index (κ2) is 17.3. The van der Waals surface area contributed by atoms with E-state index in [1.807, 2.05) is 0 Å². The van der Waals surface area contributed by atoms with Gasteiger partial charge in [0.2, 0.25) is 0 Å². The fraction of sp³-hybridized carbons (Fsp3) is 0.333. The topological polar surface area (TPSA) is 157 Å². The smallest absolute Gasteiger partial charge is 0.166 e. The van der Waals surface area contributed by atoms with Crippen molar-refractivity contribution in [2.45, 2.75) is 79.1 Å². The third-order valence-corrected chi connectivity index (χ3v) is 11.3. The van der Waals surface area contributed by atoms with Gasteiger partial charge in [0.15, 0.2) is 23.3 Å². The molecule has 8 bridgehead atoms. The quantitative estimate of drug-likeness (QED) is 0.0520. The number of unbranched alkanes of at least 4 members (excludes halogenated alkanes) is 4. The van der Waals surface area contributed by atoms with E-state index in [-0.39, 0.29) is 0 Å². The van der Waals surface area contributed by atoms with Crippen molar-refractivity contribution in [1.29, 1.82) is 0 Å². The van der Waals surface area contributed by atoms with E-state index in [0.717, 1.165) is 144 Å². The van der Waals surface area contributed by atoms with Crippen LogP contribution in [0.25, 0.3) is 89.7 Å². The van der Waals surface area contributed by atoms with Gasteiger partial charge in [-0.25, -0.2) is 29.9 Å². The molecule has 12 heteroatoms. The van der Waals surface area contributed by atoms with Crippen LogP contribution in [-0.4, -0.2) is 66.1 Å². The highest BCUT2D eigenvalue weighted by Gasteiger charge is 2.26. The number of nitrogens with one attached hydrogen (secondary N) is 6. The highest BCUT2D eigenvalue weighted by atomic mass is 15.1. The number of hydrogen-bond acceptors (Lipinski definition) is 10. The molecule has 12 nitrogen and oxygen atoms in total. The van der Waals surface area contributed by atoms with Gasteiger partial charge in [-0.1, -0.05) is 102 Å². The molecule has 3 aromatic heterocycles. The number of hydrogen-bond donors (Lipinski definition) is 6. The molecule has 0 amide bonds. The summed E-state index contributed by atoms with van der Waals surface area (Å²) in [4.78, 5) is 39.3. The molecule has 60 heavy (non-hydrogen) atoms. The molecule has 6 N–H and O–H groups in total. The van der Waals surface area contributed by atoms with E-state index in [1.165, 1.54) is 0 Å². The van der Waals surface area contributed by atoms with Crippen LogP contribution in [-0.2, 0) is 0 Å². The SMILES string of the molecule is CCCCNc1cccc2c1-c1nc-2nc2[nH]c(nc3nc(nc4[nH]c(n1)c1cccc(NCCCC)c41)-c1cccc(NCCCC)c1-3)c1cccc(NCCCC)c21. The summed E-state index contributed by atoms with van der Waals surface area (Å²) in [5.41, 5.74) is 10.3. The first-order valence-electron chi connectivity index (χ1n) is 21.9. The first-order valence-corrected chi connectivity index (χ1v) is 21.9. The standard InChI is InChI=1S/C48H54N12/c1-5-9-25-49-33-21-13-17-29-37(33)45-53-41(29)58-46-39-31(19-15-23-35(39)51-27-11-7-3)43(55-46)60-48-40-32(20-16-24-36(40)52-28-12-8-4)44(56-48)59-47-38-30(42(54-47)57-45)18-14-22-34(38)50-26-10-6-2/h13-24,49-52H,5-12,25-28H2,1-4H3,(H2,53,54,55,56,57,58,59,60). The molecule has 7 aromatic rings. The lowest BCUT2D eigenvalue weighted by atomic mass is 10.1. The number of rotatable bonds is 16. The summed E-state index contributed by atoms with van der Waals surface area (Å²) in [7, 11) is 0. The molecule has 0 fully saturated rings. The molecular weight excluding hydrogens is 745 g/mol. The zero-order valence-electron chi connectivity index (χ0n) is 35.1. The Morgan fingerprint density at radius 3 is 1.13 bits per heavy atom. The number of fused-ring (bicyclic) bond motifs is 20. The van der Waals surface area contributed by atoms with Gasteiger partial charge in [0.1, 0.15) is 22.6 Å². The Hall–Kier alpha value is -6.56. The van der Waals surface area contributed by atoms with Gasteiger partial charge in [-0.15, -0.1) is 0 Å². The molecule has 4 aromatic carbocycles. The van der Waals surface area contributed by atoms with Crippen molar-refractivity contribution >= 4 is 66.9 Å². The highest BCUT2D eigenvalue weighted by Crippen LogP contribution is 2.43. The summed E-state index contributed by atoms with van der Waals surface area (Å²) >= 11 is 0. The zero-order chi connectivity index (χ0) is 41.0. The maximum absolute atomic E-state index is 5.37. The van der Waals surface area contributed by atoms with Crippen molar-refractivity contribution in [1.82, 2.24) is 39.9 Å².